The fraction of sp³-hybridized carbons (Fsp3) is 0.800. The Morgan fingerprint density at radius 1 is 0.296 bits per heavy atom. The maximum absolute atomic E-state index is 12.8. The molecule has 0 aliphatic carbocycles. The molecule has 0 aromatic carbocycles. The third-order valence-corrected chi connectivity index (χ3v) is 13.5. The predicted octanol–water partition coefficient (Wildman–Crippen LogP) is 20.8. The molecule has 0 aliphatic rings. The van der Waals surface area contributed by atoms with Gasteiger partial charge in [-0.2, -0.15) is 0 Å². The van der Waals surface area contributed by atoms with Gasteiger partial charge in [-0.25, -0.2) is 0 Å². The number of ether oxygens (including phenoxy) is 3. The standard InChI is InChI=1S/C65H116O6/c1-4-7-10-13-16-19-21-23-25-26-27-28-29-30-31-32-33-34-35-36-37-38-39-40-41-43-44-46-49-52-55-58-64(67)70-61-62(60-69-63(66)57-54-51-48-18-15-12-9-6-3)71-65(68)59-56-53-50-47-45-42-24-22-20-17-14-11-8-5-2/h7,10,16,19,22-25,27-28,62H,4-6,8-9,11-15,17-18,20-21,26,29-61H2,1-3H3/b10-7-,19-16-,24-22-,25-23-,28-27-. The molecule has 0 aromatic heterocycles. The molecular formula is C65H116O6. The Labute approximate surface area is 440 Å². The van der Waals surface area contributed by atoms with Gasteiger partial charge in [-0.05, 0) is 83.5 Å². The molecule has 0 spiro atoms. The van der Waals surface area contributed by atoms with E-state index in [2.05, 4.69) is 81.5 Å². The van der Waals surface area contributed by atoms with Crippen molar-refractivity contribution in [1.29, 1.82) is 0 Å². The first-order valence-corrected chi connectivity index (χ1v) is 30.8. The average Bonchev–Trinajstić information content (AvgIpc) is 3.37. The van der Waals surface area contributed by atoms with Crippen molar-refractivity contribution in [1.82, 2.24) is 0 Å². The van der Waals surface area contributed by atoms with Crippen LogP contribution in [-0.4, -0.2) is 37.2 Å². The minimum Gasteiger partial charge on any atom is -0.462 e. The number of unbranched alkanes of at least 4 members (excludes halogenated alkanes) is 35. The summed E-state index contributed by atoms with van der Waals surface area (Å²) in [5.74, 6) is -0.872. The Balaban J connectivity index is 4.03. The molecule has 0 radical (unpaired) electrons. The topological polar surface area (TPSA) is 78.9 Å². The quantitative estimate of drug-likeness (QED) is 0.0261. The molecule has 0 saturated heterocycles. The van der Waals surface area contributed by atoms with Crippen LogP contribution in [0, 0.1) is 0 Å². The molecule has 1 atom stereocenters. The summed E-state index contributed by atoms with van der Waals surface area (Å²) in [4.78, 5) is 38.0. The fourth-order valence-electron chi connectivity index (χ4n) is 8.90. The number of carbonyl (C=O) groups excluding carboxylic acids is 3. The highest BCUT2D eigenvalue weighted by Crippen LogP contribution is 2.17. The van der Waals surface area contributed by atoms with Crippen LogP contribution < -0.4 is 0 Å². The molecule has 0 amide bonds. The van der Waals surface area contributed by atoms with E-state index in [1.807, 2.05) is 0 Å². The Bertz CT molecular complexity index is 1280. The number of hydrogen-bond acceptors (Lipinski definition) is 6. The largest absolute Gasteiger partial charge is 0.462 e. The SMILES string of the molecule is CC/C=C\C/C=C\C/C=C\C/C=C\CCCCCCCCCCCCCCCCCCCCC(=O)OCC(COC(=O)CCCCCCCCCC)OC(=O)CCCCCCC/C=C\CCCCCCC. The lowest BCUT2D eigenvalue weighted by molar-refractivity contribution is -0.167. The van der Waals surface area contributed by atoms with Gasteiger partial charge in [0.2, 0.25) is 0 Å². The first kappa shape index (κ1) is 68.1. The molecule has 0 bridgehead atoms. The van der Waals surface area contributed by atoms with E-state index in [1.165, 1.54) is 186 Å². The van der Waals surface area contributed by atoms with Crippen molar-refractivity contribution in [2.45, 2.75) is 322 Å². The molecule has 0 saturated carbocycles. The summed E-state index contributed by atoms with van der Waals surface area (Å²) in [6, 6.07) is 0. The zero-order valence-corrected chi connectivity index (χ0v) is 47.2. The Morgan fingerprint density at radius 3 is 0.873 bits per heavy atom. The van der Waals surface area contributed by atoms with E-state index in [0.717, 1.165) is 89.9 Å². The molecule has 0 N–H and O–H groups in total. The van der Waals surface area contributed by atoms with Gasteiger partial charge in [0, 0.05) is 19.3 Å². The summed E-state index contributed by atoms with van der Waals surface area (Å²) in [6.07, 6.45) is 75.4. The molecule has 0 heterocycles. The van der Waals surface area contributed by atoms with Gasteiger partial charge in [0.15, 0.2) is 6.10 Å². The number of carbonyl (C=O) groups is 3. The fourth-order valence-corrected chi connectivity index (χ4v) is 8.90. The summed E-state index contributed by atoms with van der Waals surface area (Å²) in [5.41, 5.74) is 0. The summed E-state index contributed by atoms with van der Waals surface area (Å²) >= 11 is 0. The monoisotopic (exact) mass is 993 g/mol. The Morgan fingerprint density at radius 2 is 0.549 bits per heavy atom. The van der Waals surface area contributed by atoms with E-state index in [9.17, 15) is 14.4 Å². The molecule has 6 heteroatoms. The van der Waals surface area contributed by atoms with Crippen LogP contribution in [0.15, 0.2) is 60.8 Å². The van der Waals surface area contributed by atoms with Gasteiger partial charge in [0.25, 0.3) is 0 Å². The van der Waals surface area contributed by atoms with Crippen molar-refractivity contribution in [3.05, 3.63) is 60.8 Å². The van der Waals surface area contributed by atoms with E-state index < -0.39 is 6.10 Å². The minimum atomic E-state index is -0.772. The van der Waals surface area contributed by atoms with Gasteiger partial charge >= 0.3 is 17.9 Å². The summed E-state index contributed by atoms with van der Waals surface area (Å²) in [7, 11) is 0. The van der Waals surface area contributed by atoms with Crippen molar-refractivity contribution in [3.63, 3.8) is 0 Å². The highest BCUT2D eigenvalue weighted by atomic mass is 16.6. The Hall–Kier alpha value is -2.89. The lowest BCUT2D eigenvalue weighted by Gasteiger charge is -2.18. The Kier molecular flexibility index (Phi) is 57.2. The lowest BCUT2D eigenvalue weighted by atomic mass is 10.0. The number of allylic oxidation sites excluding steroid dienone is 10. The second kappa shape index (κ2) is 59.7. The molecule has 0 aromatic rings. The van der Waals surface area contributed by atoms with Gasteiger partial charge in [0.05, 0.1) is 0 Å². The second-order valence-corrected chi connectivity index (χ2v) is 20.6. The van der Waals surface area contributed by atoms with Gasteiger partial charge < -0.3 is 14.2 Å². The van der Waals surface area contributed by atoms with E-state index >= 15 is 0 Å². The van der Waals surface area contributed by atoms with Gasteiger partial charge in [-0.1, -0.05) is 274 Å². The van der Waals surface area contributed by atoms with E-state index in [4.69, 9.17) is 14.2 Å². The lowest BCUT2D eigenvalue weighted by Crippen LogP contribution is -2.30. The van der Waals surface area contributed by atoms with Crippen LogP contribution in [-0.2, 0) is 28.6 Å². The second-order valence-electron chi connectivity index (χ2n) is 20.6. The maximum atomic E-state index is 12.8. The minimum absolute atomic E-state index is 0.0729. The summed E-state index contributed by atoms with van der Waals surface area (Å²) < 4.78 is 16.8. The molecule has 6 nitrogen and oxygen atoms in total. The molecule has 0 fully saturated rings. The average molecular weight is 994 g/mol. The van der Waals surface area contributed by atoms with Crippen LogP contribution >= 0.6 is 0 Å². The predicted molar refractivity (Wildman–Crippen MR) is 307 cm³/mol. The molecular weight excluding hydrogens is 877 g/mol. The van der Waals surface area contributed by atoms with E-state index in [-0.39, 0.29) is 31.1 Å². The van der Waals surface area contributed by atoms with Crippen LogP contribution in [0.3, 0.4) is 0 Å². The maximum Gasteiger partial charge on any atom is 0.306 e. The first-order valence-electron chi connectivity index (χ1n) is 30.8. The van der Waals surface area contributed by atoms with Crippen molar-refractivity contribution in [2.75, 3.05) is 13.2 Å². The van der Waals surface area contributed by atoms with E-state index in [1.54, 1.807) is 0 Å². The third-order valence-electron chi connectivity index (χ3n) is 13.5. The van der Waals surface area contributed by atoms with Crippen molar-refractivity contribution >= 4 is 17.9 Å². The van der Waals surface area contributed by atoms with Crippen molar-refractivity contribution in [2.24, 2.45) is 0 Å². The number of hydrogen-bond donors (Lipinski definition) is 0. The normalized spacial score (nSPS) is 12.4. The number of esters is 3. The van der Waals surface area contributed by atoms with Crippen molar-refractivity contribution in [3.8, 4) is 0 Å². The zero-order valence-electron chi connectivity index (χ0n) is 47.2. The van der Waals surface area contributed by atoms with E-state index in [0.29, 0.717) is 19.3 Å². The van der Waals surface area contributed by atoms with Crippen LogP contribution in [0.25, 0.3) is 0 Å². The van der Waals surface area contributed by atoms with Crippen LogP contribution in [0.4, 0.5) is 0 Å². The van der Waals surface area contributed by atoms with Crippen LogP contribution in [0.2, 0.25) is 0 Å². The zero-order chi connectivity index (χ0) is 51.4. The third kappa shape index (κ3) is 57.9. The molecule has 1 unspecified atom stereocenters. The summed E-state index contributed by atoms with van der Waals surface area (Å²) in [5, 5.41) is 0. The highest BCUT2D eigenvalue weighted by Gasteiger charge is 2.19. The molecule has 0 rings (SSSR count). The smallest absolute Gasteiger partial charge is 0.306 e. The summed E-state index contributed by atoms with van der Waals surface area (Å²) in [6.45, 7) is 6.51. The van der Waals surface area contributed by atoms with Crippen LogP contribution in [0.1, 0.15) is 316 Å². The van der Waals surface area contributed by atoms with Gasteiger partial charge in [0.1, 0.15) is 13.2 Å². The van der Waals surface area contributed by atoms with Gasteiger partial charge in [-0.3, -0.25) is 14.4 Å². The van der Waals surface area contributed by atoms with Crippen molar-refractivity contribution < 1.29 is 28.6 Å². The molecule has 0 aliphatic heterocycles. The first-order chi connectivity index (χ1) is 35.0. The van der Waals surface area contributed by atoms with Crippen LogP contribution in [0.5, 0.6) is 0 Å². The molecule has 71 heavy (non-hydrogen) atoms. The highest BCUT2D eigenvalue weighted by molar-refractivity contribution is 5.71. The van der Waals surface area contributed by atoms with Gasteiger partial charge in [-0.15, -0.1) is 0 Å². The number of rotatable bonds is 56. The molecule has 412 valence electrons.